The molecule has 0 bridgehead atoms. The summed E-state index contributed by atoms with van der Waals surface area (Å²) in [5, 5.41) is 2.21. The van der Waals surface area contributed by atoms with Crippen LogP contribution >= 0.6 is 0 Å². The lowest BCUT2D eigenvalue weighted by atomic mass is 9.92. The zero-order valence-electron chi connectivity index (χ0n) is 12.3. The van der Waals surface area contributed by atoms with Crippen LogP contribution in [0.4, 0.5) is 0 Å². The average molecular weight is 284 g/mol. The van der Waals surface area contributed by atoms with Crippen molar-refractivity contribution in [1.82, 2.24) is 0 Å². The van der Waals surface area contributed by atoms with Crippen molar-refractivity contribution in [3.63, 3.8) is 0 Å². The van der Waals surface area contributed by atoms with Crippen LogP contribution in [0.25, 0.3) is 10.8 Å². The molecule has 2 rings (SSSR count). The summed E-state index contributed by atoms with van der Waals surface area (Å²) in [5.74, 6) is -0.757. The zero-order chi connectivity index (χ0) is 15.4. The van der Waals surface area contributed by atoms with Gasteiger partial charge in [-0.25, -0.2) is 0 Å². The topological polar surface area (TPSA) is 78.3 Å². The number of carbonyl (C=O) groups is 1. The van der Waals surface area contributed by atoms with E-state index in [4.69, 9.17) is 16.2 Å². The standard InChI is InChI=1S/C17H20N2O2/c1-11(18)16(19)10-15(17(20)21-2)14-8-7-12-5-3-4-6-13(12)9-14/h3-9,15H,10,18-19H2,1-2H3/b16-11-. The Morgan fingerprint density at radius 2 is 1.81 bits per heavy atom. The minimum atomic E-state index is -0.446. The van der Waals surface area contributed by atoms with Crippen molar-refractivity contribution >= 4 is 16.7 Å². The van der Waals surface area contributed by atoms with Crippen molar-refractivity contribution in [2.75, 3.05) is 7.11 Å². The molecule has 2 aromatic carbocycles. The van der Waals surface area contributed by atoms with Crippen molar-refractivity contribution in [2.45, 2.75) is 19.3 Å². The molecule has 0 aliphatic rings. The normalized spacial score (nSPS) is 13.6. The highest BCUT2D eigenvalue weighted by Crippen LogP contribution is 2.27. The third kappa shape index (κ3) is 3.34. The molecule has 1 atom stereocenters. The van der Waals surface area contributed by atoms with Gasteiger partial charge in [0.1, 0.15) is 0 Å². The molecule has 21 heavy (non-hydrogen) atoms. The molecule has 0 spiro atoms. The lowest BCUT2D eigenvalue weighted by molar-refractivity contribution is -0.142. The largest absolute Gasteiger partial charge is 0.469 e. The van der Waals surface area contributed by atoms with Crippen LogP contribution < -0.4 is 11.5 Å². The number of methoxy groups -OCH3 is 1. The Kier molecular flexibility index (Phi) is 4.48. The molecule has 1 unspecified atom stereocenters. The fourth-order valence-electron chi connectivity index (χ4n) is 2.28. The highest BCUT2D eigenvalue weighted by Gasteiger charge is 2.23. The van der Waals surface area contributed by atoms with Crippen LogP contribution in [0.5, 0.6) is 0 Å². The summed E-state index contributed by atoms with van der Waals surface area (Å²) >= 11 is 0. The van der Waals surface area contributed by atoms with E-state index in [1.807, 2.05) is 42.5 Å². The van der Waals surface area contributed by atoms with Crippen LogP contribution in [-0.2, 0) is 9.53 Å². The number of fused-ring (bicyclic) bond motifs is 1. The van der Waals surface area contributed by atoms with Crippen molar-refractivity contribution in [2.24, 2.45) is 11.5 Å². The number of esters is 1. The molecule has 0 saturated heterocycles. The summed E-state index contributed by atoms with van der Waals surface area (Å²) in [6.07, 6.45) is 0.355. The van der Waals surface area contributed by atoms with Crippen LogP contribution in [-0.4, -0.2) is 13.1 Å². The fourth-order valence-corrected chi connectivity index (χ4v) is 2.28. The molecule has 4 nitrogen and oxygen atoms in total. The van der Waals surface area contributed by atoms with E-state index in [0.29, 0.717) is 17.8 Å². The van der Waals surface area contributed by atoms with E-state index in [0.717, 1.165) is 16.3 Å². The van der Waals surface area contributed by atoms with E-state index >= 15 is 0 Å². The maximum Gasteiger partial charge on any atom is 0.313 e. The minimum absolute atomic E-state index is 0.311. The number of nitrogens with two attached hydrogens (primary N) is 2. The van der Waals surface area contributed by atoms with Crippen molar-refractivity contribution in [3.05, 3.63) is 59.4 Å². The Morgan fingerprint density at radius 1 is 1.14 bits per heavy atom. The Balaban J connectivity index is 2.43. The third-order valence-electron chi connectivity index (χ3n) is 3.59. The van der Waals surface area contributed by atoms with Crippen LogP contribution in [0, 0.1) is 0 Å². The Hall–Kier alpha value is -2.49. The molecule has 2 aromatic rings. The summed E-state index contributed by atoms with van der Waals surface area (Å²) in [7, 11) is 1.38. The Morgan fingerprint density at radius 3 is 2.43 bits per heavy atom. The molecule has 110 valence electrons. The van der Waals surface area contributed by atoms with Gasteiger partial charge in [0, 0.05) is 17.8 Å². The number of hydrogen-bond acceptors (Lipinski definition) is 4. The van der Waals surface area contributed by atoms with E-state index in [-0.39, 0.29) is 5.97 Å². The van der Waals surface area contributed by atoms with E-state index < -0.39 is 5.92 Å². The van der Waals surface area contributed by atoms with Gasteiger partial charge in [-0.05, 0) is 23.3 Å². The highest BCUT2D eigenvalue weighted by molar-refractivity contribution is 5.86. The second-order valence-corrected chi connectivity index (χ2v) is 5.09. The molecule has 4 N–H and O–H groups in total. The molecule has 4 heteroatoms. The molecule has 0 aromatic heterocycles. The lowest BCUT2D eigenvalue weighted by Crippen LogP contribution is -2.19. The van der Waals surface area contributed by atoms with Crippen molar-refractivity contribution < 1.29 is 9.53 Å². The van der Waals surface area contributed by atoms with Crippen LogP contribution in [0.2, 0.25) is 0 Å². The predicted molar refractivity (Wildman–Crippen MR) is 84.4 cm³/mol. The summed E-state index contributed by atoms with van der Waals surface area (Å²) in [5.41, 5.74) is 13.5. The SMILES string of the molecule is COC(=O)C(C/C(N)=C(\C)N)c1ccc2ccccc2c1. The van der Waals surface area contributed by atoms with Gasteiger partial charge < -0.3 is 16.2 Å². The van der Waals surface area contributed by atoms with Crippen molar-refractivity contribution in [1.29, 1.82) is 0 Å². The maximum absolute atomic E-state index is 12.1. The molecular formula is C17H20N2O2. The molecule has 0 fully saturated rings. The van der Waals surface area contributed by atoms with E-state index in [2.05, 4.69) is 0 Å². The average Bonchev–Trinajstić information content (AvgIpc) is 2.51. The summed E-state index contributed by atoms with van der Waals surface area (Å²) in [4.78, 5) is 12.1. The predicted octanol–water partition coefficient (Wildman–Crippen LogP) is 2.64. The van der Waals surface area contributed by atoms with E-state index in [1.165, 1.54) is 7.11 Å². The molecule has 0 saturated carbocycles. The van der Waals surface area contributed by atoms with E-state index in [9.17, 15) is 4.79 Å². The number of hydrogen-bond donors (Lipinski definition) is 2. The number of carbonyl (C=O) groups excluding carboxylic acids is 1. The van der Waals surface area contributed by atoms with Crippen LogP contribution in [0.3, 0.4) is 0 Å². The van der Waals surface area contributed by atoms with Gasteiger partial charge in [-0.1, -0.05) is 42.5 Å². The smallest absolute Gasteiger partial charge is 0.313 e. The fraction of sp³-hybridized carbons (Fsp3) is 0.235. The molecular weight excluding hydrogens is 264 g/mol. The van der Waals surface area contributed by atoms with Gasteiger partial charge in [0.25, 0.3) is 0 Å². The van der Waals surface area contributed by atoms with Gasteiger partial charge in [-0.3, -0.25) is 4.79 Å². The Labute approximate surface area is 124 Å². The van der Waals surface area contributed by atoms with Crippen LogP contribution in [0.1, 0.15) is 24.8 Å². The lowest BCUT2D eigenvalue weighted by Gasteiger charge is -2.16. The molecule has 0 aliphatic carbocycles. The first-order valence-electron chi connectivity index (χ1n) is 6.80. The van der Waals surface area contributed by atoms with E-state index in [1.54, 1.807) is 6.92 Å². The summed E-state index contributed by atoms with van der Waals surface area (Å²) in [6, 6.07) is 13.9. The second-order valence-electron chi connectivity index (χ2n) is 5.09. The van der Waals surface area contributed by atoms with Crippen molar-refractivity contribution in [3.8, 4) is 0 Å². The molecule has 0 aliphatic heterocycles. The first-order valence-corrected chi connectivity index (χ1v) is 6.80. The first kappa shape index (κ1) is 14.9. The van der Waals surface area contributed by atoms with Gasteiger partial charge in [0.2, 0.25) is 0 Å². The Bertz CT molecular complexity index is 688. The number of benzene rings is 2. The van der Waals surface area contributed by atoms with Gasteiger partial charge in [0.05, 0.1) is 13.0 Å². The monoisotopic (exact) mass is 284 g/mol. The third-order valence-corrected chi connectivity index (χ3v) is 3.59. The first-order chi connectivity index (χ1) is 10.0. The van der Waals surface area contributed by atoms with Crippen LogP contribution in [0.15, 0.2) is 53.9 Å². The second kappa shape index (κ2) is 6.31. The quantitative estimate of drug-likeness (QED) is 0.846. The number of ether oxygens (including phenoxy) is 1. The van der Waals surface area contributed by atoms with Gasteiger partial charge in [0.15, 0.2) is 0 Å². The van der Waals surface area contributed by atoms with Gasteiger partial charge >= 0.3 is 5.97 Å². The number of rotatable bonds is 4. The maximum atomic E-state index is 12.1. The minimum Gasteiger partial charge on any atom is -0.469 e. The van der Waals surface area contributed by atoms with Gasteiger partial charge in [-0.2, -0.15) is 0 Å². The number of allylic oxidation sites excluding steroid dienone is 2. The summed E-state index contributed by atoms with van der Waals surface area (Å²) in [6.45, 7) is 1.73. The summed E-state index contributed by atoms with van der Waals surface area (Å²) < 4.78 is 4.90. The zero-order valence-corrected chi connectivity index (χ0v) is 12.3. The van der Waals surface area contributed by atoms with Gasteiger partial charge in [-0.15, -0.1) is 0 Å². The molecule has 0 amide bonds. The highest BCUT2D eigenvalue weighted by atomic mass is 16.5. The molecule has 0 radical (unpaired) electrons. The molecule has 0 heterocycles.